The number of aryl methyl sites for hydroxylation is 2. The maximum absolute atomic E-state index is 12.2. The first-order valence-electron chi connectivity index (χ1n) is 5.83. The minimum Gasteiger partial charge on any atom is -0.456 e. The first-order chi connectivity index (χ1) is 7.74. The zero-order valence-corrected chi connectivity index (χ0v) is 11.2. The van der Waals surface area contributed by atoms with Crippen LogP contribution >= 0.6 is 0 Å². The Kier molecular flexibility index (Phi) is 3.98. The maximum atomic E-state index is 12.2. The summed E-state index contributed by atoms with van der Waals surface area (Å²) in [5, 5.41) is 9.76. The number of hydrogen-bond donors (Lipinski definition) is 1. The summed E-state index contributed by atoms with van der Waals surface area (Å²) in [7, 11) is 0. The molecule has 0 radical (unpaired) electrons. The van der Waals surface area contributed by atoms with Gasteiger partial charge in [0.2, 0.25) is 0 Å². The molecule has 1 heterocycles. The molecule has 1 rings (SSSR count). The molecular weight excluding hydrogens is 218 g/mol. The van der Waals surface area contributed by atoms with Gasteiger partial charge in [0.15, 0.2) is 5.76 Å². The van der Waals surface area contributed by atoms with E-state index >= 15 is 0 Å². The minimum atomic E-state index is -0.902. The molecule has 0 atom stereocenters. The molecule has 0 aliphatic carbocycles. The van der Waals surface area contributed by atoms with Crippen molar-refractivity contribution < 1.29 is 14.3 Å². The van der Waals surface area contributed by atoms with Gasteiger partial charge in [-0.1, -0.05) is 0 Å². The lowest BCUT2D eigenvalue weighted by atomic mass is 10.1. The molecule has 0 saturated heterocycles. The average Bonchev–Trinajstić information content (AvgIpc) is 2.52. The van der Waals surface area contributed by atoms with Crippen LogP contribution in [0.1, 0.15) is 42.6 Å². The Morgan fingerprint density at radius 2 is 2.06 bits per heavy atom. The molecule has 1 aromatic heterocycles. The molecule has 17 heavy (non-hydrogen) atoms. The van der Waals surface area contributed by atoms with Crippen LogP contribution in [0.3, 0.4) is 0 Å². The second-order valence-corrected chi connectivity index (χ2v) is 5.00. The summed E-state index contributed by atoms with van der Waals surface area (Å²) in [6.07, 6.45) is 0. The van der Waals surface area contributed by atoms with Crippen LogP contribution in [0.4, 0.5) is 0 Å². The second-order valence-electron chi connectivity index (χ2n) is 5.00. The van der Waals surface area contributed by atoms with E-state index in [0.717, 1.165) is 11.3 Å². The van der Waals surface area contributed by atoms with Crippen LogP contribution in [0.2, 0.25) is 0 Å². The van der Waals surface area contributed by atoms with E-state index in [-0.39, 0.29) is 5.91 Å². The molecule has 1 N–H and O–H groups in total. The molecule has 1 aromatic rings. The van der Waals surface area contributed by atoms with E-state index in [1.807, 2.05) is 26.8 Å². The molecule has 0 spiro atoms. The van der Waals surface area contributed by atoms with Crippen molar-refractivity contribution in [2.75, 3.05) is 13.1 Å². The topological polar surface area (TPSA) is 53.7 Å². The molecule has 4 heteroatoms. The van der Waals surface area contributed by atoms with E-state index in [0.29, 0.717) is 18.8 Å². The third-order valence-electron chi connectivity index (χ3n) is 2.48. The molecule has 0 fully saturated rings. The molecule has 0 unspecified atom stereocenters. The Labute approximate surface area is 102 Å². The summed E-state index contributed by atoms with van der Waals surface area (Å²) in [5.41, 5.74) is -0.0667. The molecule has 96 valence electrons. The first kappa shape index (κ1) is 13.8. The fourth-order valence-electron chi connectivity index (χ4n) is 1.79. The molecule has 0 aliphatic rings. The Hall–Kier alpha value is -1.29. The van der Waals surface area contributed by atoms with Crippen molar-refractivity contribution >= 4 is 5.91 Å². The zero-order chi connectivity index (χ0) is 13.2. The van der Waals surface area contributed by atoms with E-state index in [1.165, 1.54) is 0 Å². The van der Waals surface area contributed by atoms with Crippen LogP contribution in [0.25, 0.3) is 0 Å². The van der Waals surface area contributed by atoms with E-state index in [1.54, 1.807) is 18.7 Å². The third-order valence-corrected chi connectivity index (χ3v) is 2.48. The molecule has 0 saturated carbocycles. The third kappa shape index (κ3) is 3.60. The van der Waals surface area contributed by atoms with Gasteiger partial charge in [0, 0.05) is 18.7 Å². The quantitative estimate of drug-likeness (QED) is 0.875. The van der Waals surface area contributed by atoms with E-state index in [4.69, 9.17) is 4.42 Å². The molecule has 4 nitrogen and oxygen atoms in total. The van der Waals surface area contributed by atoms with Crippen LogP contribution in [-0.4, -0.2) is 34.6 Å². The number of carbonyl (C=O) groups excluding carboxylic acids is 1. The summed E-state index contributed by atoms with van der Waals surface area (Å²) in [4.78, 5) is 13.8. The SMILES string of the molecule is CCN(CC(C)(C)O)C(=O)c1oc(C)cc1C. The fourth-order valence-corrected chi connectivity index (χ4v) is 1.79. The van der Waals surface area contributed by atoms with Gasteiger partial charge in [-0.25, -0.2) is 0 Å². The Balaban J connectivity index is 2.90. The monoisotopic (exact) mass is 239 g/mol. The lowest BCUT2D eigenvalue weighted by Crippen LogP contribution is -2.42. The van der Waals surface area contributed by atoms with Crippen molar-refractivity contribution in [2.24, 2.45) is 0 Å². The number of nitrogens with zero attached hydrogens (tertiary/aromatic N) is 1. The van der Waals surface area contributed by atoms with Gasteiger partial charge in [0.05, 0.1) is 5.60 Å². The molecular formula is C13H21NO3. The Morgan fingerprint density at radius 3 is 2.41 bits per heavy atom. The van der Waals surface area contributed by atoms with Gasteiger partial charge < -0.3 is 14.4 Å². The van der Waals surface area contributed by atoms with E-state index in [9.17, 15) is 9.90 Å². The van der Waals surface area contributed by atoms with Crippen molar-refractivity contribution in [3.05, 3.63) is 23.2 Å². The van der Waals surface area contributed by atoms with Crippen molar-refractivity contribution in [1.82, 2.24) is 4.90 Å². The zero-order valence-electron chi connectivity index (χ0n) is 11.2. The summed E-state index contributed by atoms with van der Waals surface area (Å²) in [6, 6.07) is 1.84. The van der Waals surface area contributed by atoms with Crippen LogP contribution in [0.5, 0.6) is 0 Å². The van der Waals surface area contributed by atoms with Crippen LogP contribution in [-0.2, 0) is 0 Å². The highest BCUT2D eigenvalue weighted by molar-refractivity contribution is 5.93. The van der Waals surface area contributed by atoms with Crippen molar-refractivity contribution in [2.45, 2.75) is 40.2 Å². The van der Waals surface area contributed by atoms with Gasteiger partial charge in [0.1, 0.15) is 5.76 Å². The van der Waals surface area contributed by atoms with E-state index < -0.39 is 5.60 Å². The summed E-state index contributed by atoms with van der Waals surface area (Å²) in [5.74, 6) is 0.930. The van der Waals surface area contributed by atoms with Gasteiger partial charge in [-0.15, -0.1) is 0 Å². The smallest absolute Gasteiger partial charge is 0.289 e. The van der Waals surface area contributed by atoms with Crippen molar-refractivity contribution in [3.63, 3.8) is 0 Å². The second kappa shape index (κ2) is 4.92. The van der Waals surface area contributed by atoms with Gasteiger partial charge >= 0.3 is 0 Å². The number of rotatable bonds is 4. The normalized spacial score (nSPS) is 11.6. The predicted octanol–water partition coefficient (Wildman–Crippen LogP) is 2.13. The van der Waals surface area contributed by atoms with Crippen LogP contribution in [0, 0.1) is 13.8 Å². The highest BCUT2D eigenvalue weighted by Gasteiger charge is 2.25. The van der Waals surface area contributed by atoms with Crippen LogP contribution in [0.15, 0.2) is 10.5 Å². The molecule has 0 aliphatic heterocycles. The molecule has 0 aromatic carbocycles. The first-order valence-corrected chi connectivity index (χ1v) is 5.83. The van der Waals surface area contributed by atoms with Crippen molar-refractivity contribution in [1.29, 1.82) is 0 Å². The number of furan rings is 1. The lowest BCUT2D eigenvalue weighted by Gasteiger charge is -2.27. The number of amides is 1. The minimum absolute atomic E-state index is 0.166. The number of likely N-dealkylation sites (N-methyl/N-ethyl adjacent to an activating group) is 1. The highest BCUT2D eigenvalue weighted by Crippen LogP contribution is 2.17. The predicted molar refractivity (Wildman–Crippen MR) is 66.1 cm³/mol. The largest absolute Gasteiger partial charge is 0.456 e. The number of carbonyl (C=O) groups is 1. The average molecular weight is 239 g/mol. The Morgan fingerprint density at radius 1 is 1.47 bits per heavy atom. The summed E-state index contributed by atoms with van der Waals surface area (Å²) in [6.45, 7) is 9.75. The van der Waals surface area contributed by atoms with Crippen molar-refractivity contribution in [3.8, 4) is 0 Å². The highest BCUT2D eigenvalue weighted by atomic mass is 16.4. The van der Waals surface area contributed by atoms with Gasteiger partial charge in [-0.05, 0) is 40.7 Å². The summed E-state index contributed by atoms with van der Waals surface area (Å²) >= 11 is 0. The molecule has 0 bridgehead atoms. The molecule has 1 amide bonds. The fraction of sp³-hybridized carbons (Fsp3) is 0.615. The van der Waals surface area contributed by atoms with E-state index in [2.05, 4.69) is 0 Å². The number of hydrogen-bond acceptors (Lipinski definition) is 3. The van der Waals surface area contributed by atoms with Gasteiger partial charge in [-0.2, -0.15) is 0 Å². The van der Waals surface area contributed by atoms with Gasteiger partial charge in [0.25, 0.3) is 5.91 Å². The summed E-state index contributed by atoms with van der Waals surface area (Å²) < 4.78 is 5.40. The lowest BCUT2D eigenvalue weighted by molar-refractivity contribution is 0.0297. The Bertz CT molecular complexity index is 401. The van der Waals surface area contributed by atoms with Gasteiger partial charge in [-0.3, -0.25) is 4.79 Å². The maximum Gasteiger partial charge on any atom is 0.289 e. The number of aliphatic hydroxyl groups is 1. The standard InChI is InChI=1S/C13H21NO3/c1-6-14(8-13(4,5)16)12(15)11-9(2)7-10(3)17-11/h7,16H,6,8H2,1-5H3. The van der Waals surface area contributed by atoms with Crippen LogP contribution < -0.4 is 0 Å².